The second-order valence-electron chi connectivity index (χ2n) is 9.66. The monoisotopic (exact) mass is 468 g/mol. The molecule has 1 amide bonds. The lowest BCUT2D eigenvalue weighted by atomic mass is 10.2. The van der Waals surface area contributed by atoms with Crippen molar-refractivity contribution in [2.24, 2.45) is 11.8 Å². The number of alkyl halides is 2. The van der Waals surface area contributed by atoms with Crippen molar-refractivity contribution >= 4 is 11.9 Å². The lowest BCUT2D eigenvalue weighted by Crippen LogP contribution is -2.29. The number of amides is 1. The Morgan fingerprint density at radius 1 is 1.21 bits per heavy atom. The zero-order valence-corrected chi connectivity index (χ0v) is 19.3. The van der Waals surface area contributed by atoms with Crippen molar-refractivity contribution in [2.75, 3.05) is 18.0 Å². The second kappa shape index (κ2) is 7.31. The number of aromatic nitrogens is 6. The molecular formula is C23H26F2N8O. The summed E-state index contributed by atoms with van der Waals surface area (Å²) in [5.41, 5.74) is 5.96. The predicted molar refractivity (Wildman–Crippen MR) is 119 cm³/mol. The third-order valence-electron chi connectivity index (χ3n) is 7.52. The highest BCUT2D eigenvalue weighted by atomic mass is 19.3. The molecule has 0 aromatic carbocycles. The van der Waals surface area contributed by atoms with Gasteiger partial charge in [0.15, 0.2) is 0 Å². The molecule has 3 aromatic rings. The molecule has 178 valence electrons. The predicted octanol–water partition coefficient (Wildman–Crippen LogP) is 2.49. The fraction of sp³-hybridized carbons (Fsp3) is 0.522. The number of hydrogen-bond acceptors (Lipinski definition) is 6. The third-order valence-corrected chi connectivity index (χ3v) is 7.52. The van der Waals surface area contributed by atoms with Gasteiger partial charge in [-0.05, 0) is 39.2 Å². The summed E-state index contributed by atoms with van der Waals surface area (Å²) in [6.45, 7) is 6.67. The molecule has 0 spiro atoms. The summed E-state index contributed by atoms with van der Waals surface area (Å²) in [4.78, 5) is 23.8. The van der Waals surface area contributed by atoms with Crippen molar-refractivity contribution in [1.29, 1.82) is 0 Å². The van der Waals surface area contributed by atoms with Crippen LogP contribution in [0.4, 0.5) is 14.7 Å². The normalized spacial score (nSPS) is 24.3. The van der Waals surface area contributed by atoms with E-state index in [9.17, 15) is 13.6 Å². The van der Waals surface area contributed by atoms with Gasteiger partial charge in [-0.2, -0.15) is 10.2 Å². The number of carbonyl (C=O) groups excluding carboxylic acids is 1. The molecule has 34 heavy (non-hydrogen) atoms. The summed E-state index contributed by atoms with van der Waals surface area (Å²) in [6.07, 6.45) is 5.21. The first kappa shape index (κ1) is 21.2. The zero-order chi connectivity index (χ0) is 23.8. The lowest BCUT2D eigenvalue weighted by Gasteiger charge is -2.20. The molecule has 2 aliphatic carbocycles. The SMILES string of the molecule is Cc1nc(N2CC3C(C2)C3(F)F)ncc1Cn1cc(C(=O)N[C@@H]2CCc3c(C)n[nH]c32)c(C)n1. The van der Waals surface area contributed by atoms with E-state index in [2.05, 4.69) is 30.6 Å². The van der Waals surface area contributed by atoms with Crippen LogP contribution in [0, 0.1) is 32.6 Å². The van der Waals surface area contributed by atoms with E-state index in [-0.39, 0.29) is 11.9 Å². The van der Waals surface area contributed by atoms with Crippen LogP contribution >= 0.6 is 0 Å². The van der Waals surface area contributed by atoms with E-state index in [1.54, 1.807) is 17.1 Å². The number of halogens is 2. The molecule has 4 heterocycles. The van der Waals surface area contributed by atoms with Gasteiger partial charge in [-0.1, -0.05) is 0 Å². The minimum Gasteiger partial charge on any atom is -0.344 e. The highest BCUT2D eigenvalue weighted by Crippen LogP contribution is 2.59. The maximum Gasteiger partial charge on any atom is 0.258 e. The van der Waals surface area contributed by atoms with Gasteiger partial charge in [0.2, 0.25) is 5.95 Å². The number of nitrogens with zero attached hydrogens (tertiary/aromatic N) is 6. The van der Waals surface area contributed by atoms with Crippen LogP contribution in [0.5, 0.6) is 0 Å². The number of aryl methyl sites for hydroxylation is 3. The molecule has 2 fully saturated rings. The number of hydrogen-bond donors (Lipinski definition) is 2. The van der Waals surface area contributed by atoms with Crippen molar-refractivity contribution in [1.82, 2.24) is 35.3 Å². The number of fused-ring (bicyclic) bond motifs is 2. The van der Waals surface area contributed by atoms with E-state index in [1.807, 2.05) is 25.7 Å². The molecule has 11 heteroatoms. The summed E-state index contributed by atoms with van der Waals surface area (Å²) in [6, 6.07) is -0.0776. The third kappa shape index (κ3) is 3.28. The van der Waals surface area contributed by atoms with Crippen LogP contribution in [0.1, 0.15) is 56.7 Å². The Morgan fingerprint density at radius 2 is 1.97 bits per heavy atom. The summed E-state index contributed by atoms with van der Waals surface area (Å²) in [7, 11) is 0. The Labute approximate surface area is 195 Å². The molecule has 2 N–H and O–H groups in total. The van der Waals surface area contributed by atoms with Crippen LogP contribution in [0.2, 0.25) is 0 Å². The number of anilines is 1. The maximum absolute atomic E-state index is 13.5. The Morgan fingerprint density at radius 3 is 2.71 bits per heavy atom. The van der Waals surface area contributed by atoms with Gasteiger partial charge in [0.25, 0.3) is 11.8 Å². The number of carbonyl (C=O) groups is 1. The van der Waals surface area contributed by atoms with Gasteiger partial charge >= 0.3 is 0 Å². The first-order valence-electron chi connectivity index (χ1n) is 11.6. The summed E-state index contributed by atoms with van der Waals surface area (Å²) in [5, 5.41) is 14.9. The fourth-order valence-corrected chi connectivity index (χ4v) is 5.35. The number of aromatic amines is 1. The van der Waals surface area contributed by atoms with Crippen molar-refractivity contribution in [2.45, 2.75) is 52.1 Å². The van der Waals surface area contributed by atoms with Crippen LogP contribution in [-0.2, 0) is 13.0 Å². The Bertz CT molecular complexity index is 1280. The van der Waals surface area contributed by atoms with Crippen molar-refractivity contribution in [3.05, 3.63) is 51.9 Å². The molecule has 1 saturated heterocycles. The number of H-pyrrole nitrogens is 1. The highest BCUT2D eigenvalue weighted by Gasteiger charge is 2.72. The molecule has 3 aliphatic rings. The van der Waals surface area contributed by atoms with E-state index >= 15 is 0 Å². The smallest absolute Gasteiger partial charge is 0.258 e. The molecule has 9 nitrogen and oxygen atoms in total. The molecule has 3 atom stereocenters. The minimum absolute atomic E-state index is 0.0776. The number of rotatable bonds is 5. The van der Waals surface area contributed by atoms with Crippen LogP contribution in [0.3, 0.4) is 0 Å². The van der Waals surface area contributed by atoms with Crippen molar-refractivity contribution in [3.63, 3.8) is 0 Å². The standard InChI is InChI=1S/C23H26F2N8O/c1-11-14(6-26-22(27-11)32-9-17-18(10-32)23(17,24)25)7-33-8-16(13(3)31-33)21(34)28-19-5-4-15-12(2)29-30-20(15)19/h6,8,17-19H,4-5,7,9-10H2,1-3H3,(H,28,34)(H,29,30)/t17?,18?,19-/m1/s1. The van der Waals surface area contributed by atoms with Gasteiger partial charge in [0, 0.05) is 36.7 Å². The van der Waals surface area contributed by atoms with Crippen LogP contribution < -0.4 is 10.2 Å². The fourth-order valence-electron chi connectivity index (χ4n) is 5.35. The molecule has 3 aromatic heterocycles. The van der Waals surface area contributed by atoms with Gasteiger partial charge in [0.05, 0.1) is 47.1 Å². The Hall–Kier alpha value is -3.37. The highest BCUT2D eigenvalue weighted by molar-refractivity contribution is 5.95. The molecule has 1 aliphatic heterocycles. The Balaban J connectivity index is 1.13. The van der Waals surface area contributed by atoms with Gasteiger partial charge in [-0.15, -0.1) is 0 Å². The van der Waals surface area contributed by atoms with E-state index in [0.29, 0.717) is 36.8 Å². The summed E-state index contributed by atoms with van der Waals surface area (Å²) in [5.74, 6) is -3.33. The van der Waals surface area contributed by atoms with Gasteiger partial charge in [-0.25, -0.2) is 18.7 Å². The second-order valence-corrected chi connectivity index (χ2v) is 9.66. The number of nitrogens with one attached hydrogen (secondary N) is 2. The van der Waals surface area contributed by atoms with Crippen LogP contribution in [-0.4, -0.2) is 54.9 Å². The molecule has 0 bridgehead atoms. The van der Waals surface area contributed by atoms with Crippen molar-refractivity contribution in [3.8, 4) is 0 Å². The van der Waals surface area contributed by atoms with Gasteiger partial charge < -0.3 is 10.2 Å². The number of piperidine rings is 1. The van der Waals surface area contributed by atoms with Crippen LogP contribution in [0.25, 0.3) is 0 Å². The van der Waals surface area contributed by atoms with Crippen molar-refractivity contribution < 1.29 is 13.6 Å². The molecule has 2 unspecified atom stereocenters. The topological polar surface area (TPSA) is 105 Å². The zero-order valence-electron chi connectivity index (χ0n) is 19.3. The average molecular weight is 469 g/mol. The Kier molecular flexibility index (Phi) is 4.56. The van der Waals surface area contributed by atoms with Gasteiger partial charge in [-0.3, -0.25) is 14.6 Å². The molecule has 1 saturated carbocycles. The molecular weight excluding hydrogens is 442 g/mol. The summed E-state index contributed by atoms with van der Waals surface area (Å²) < 4.78 is 28.7. The molecule has 0 radical (unpaired) electrons. The summed E-state index contributed by atoms with van der Waals surface area (Å²) >= 11 is 0. The van der Waals surface area contributed by atoms with E-state index in [0.717, 1.165) is 35.5 Å². The van der Waals surface area contributed by atoms with Crippen LogP contribution in [0.15, 0.2) is 12.4 Å². The van der Waals surface area contributed by atoms with E-state index < -0.39 is 17.8 Å². The quantitative estimate of drug-likeness (QED) is 0.596. The lowest BCUT2D eigenvalue weighted by molar-refractivity contribution is 0.0795. The average Bonchev–Trinajstić information content (AvgIpc) is 3.39. The van der Waals surface area contributed by atoms with E-state index in [1.165, 1.54) is 5.56 Å². The first-order valence-corrected chi connectivity index (χ1v) is 11.6. The molecule has 6 rings (SSSR count). The maximum atomic E-state index is 13.5. The first-order chi connectivity index (χ1) is 16.2. The van der Waals surface area contributed by atoms with E-state index in [4.69, 9.17) is 0 Å². The largest absolute Gasteiger partial charge is 0.344 e. The minimum atomic E-state index is -2.52. The van der Waals surface area contributed by atoms with Gasteiger partial charge in [0.1, 0.15) is 0 Å².